The number of aromatic nitrogens is 2. The molecule has 0 radical (unpaired) electrons. The minimum absolute atomic E-state index is 0.109. The van der Waals surface area contributed by atoms with Crippen LogP contribution in [0.4, 0.5) is 0 Å². The number of amides is 1. The molecule has 8 heteroatoms. The molecule has 1 aromatic carbocycles. The van der Waals surface area contributed by atoms with Gasteiger partial charge < -0.3 is 20.0 Å². The van der Waals surface area contributed by atoms with Gasteiger partial charge in [0.25, 0.3) is 0 Å². The zero-order valence-electron chi connectivity index (χ0n) is 9.78. The first kappa shape index (κ1) is 14.3. The molecule has 0 saturated heterocycles. The van der Waals surface area contributed by atoms with Gasteiger partial charge in [-0.3, -0.25) is 4.79 Å². The number of imidazole rings is 1. The summed E-state index contributed by atoms with van der Waals surface area (Å²) in [5, 5.41) is 0.914. The van der Waals surface area contributed by atoms with Gasteiger partial charge in [0, 0.05) is 6.54 Å². The van der Waals surface area contributed by atoms with Gasteiger partial charge in [-0.25, -0.2) is 0 Å². The van der Waals surface area contributed by atoms with E-state index < -0.39 is 5.91 Å². The Balaban J connectivity index is 2.23. The van der Waals surface area contributed by atoms with Gasteiger partial charge in [0.2, 0.25) is 5.91 Å². The number of halogens is 2. The van der Waals surface area contributed by atoms with E-state index in [1.165, 1.54) is 0 Å². The van der Waals surface area contributed by atoms with Gasteiger partial charge in [-0.05, 0) is 24.4 Å². The molecular weight excluding hydrogens is 309 g/mol. The second-order valence-electron chi connectivity index (χ2n) is 3.88. The third kappa shape index (κ3) is 3.27. The van der Waals surface area contributed by atoms with Crippen LogP contribution in [-0.4, -0.2) is 28.7 Å². The Morgan fingerprint density at radius 1 is 1.42 bits per heavy atom. The number of aromatic amines is 1. The van der Waals surface area contributed by atoms with Gasteiger partial charge in [0.15, 0.2) is 4.77 Å². The lowest BCUT2D eigenvalue weighted by atomic mass is 10.3. The molecule has 2 rings (SSSR count). The van der Waals surface area contributed by atoms with E-state index in [1.807, 2.05) is 4.57 Å². The highest BCUT2D eigenvalue weighted by atomic mass is 35.5. The van der Waals surface area contributed by atoms with Crippen molar-refractivity contribution in [2.24, 2.45) is 5.73 Å². The van der Waals surface area contributed by atoms with Crippen LogP contribution in [0.3, 0.4) is 0 Å². The zero-order chi connectivity index (χ0) is 14.0. The van der Waals surface area contributed by atoms with E-state index in [2.05, 4.69) is 4.98 Å². The molecule has 2 aromatic rings. The van der Waals surface area contributed by atoms with Crippen LogP contribution in [0.5, 0.6) is 0 Å². The predicted molar refractivity (Wildman–Crippen MR) is 77.2 cm³/mol. The summed E-state index contributed by atoms with van der Waals surface area (Å²) in [7, 11) is 0. The summed E-state index contributed by atoms with van der Waals surface area (Å²) in [6, 6.07) is 3.45. The molecule has 0 fully saturated rings. The number of nitrogens with one attached hydrogen (secondary N) is 1. The molecule has 5 nitrogen and oxygen atoms in total. The minimum atomic E-state index is -0.502. The van der Waals surface area contributed by atoms with Gasteiger partial charge in [-0.15, -0.1) is 0 Å². The van der Waals surface area contributed by atoms with Gasteiger partial charge in [0.05, 0.1) is 27.7 Å². The van der Waals surface area contributed by atoms with Gasteiger partial charge >= 0.3 is 0 Å². The van der Waals surface area contributed by atoms with Gasteiger partial charge in [0.1, 0.15) is 6.61 Å². The molecule has 1 heterocycles. The largest absolute Gasteiger partial charge is 0.370 e. The Morgan fingerprint density at radius 2 is 2.11 bits per heavy atom. The van der Waals surface area contributed by atoms with Crippen LogP contribution in [0, 0.1) is 4.77 Å². The lowest BCUT2D eigenvalue weighted by molar-refractivity contribution is -0.122. The number of primary amides is 1. The number of H-pyrrole nitrogens is 1. The summed E-state index contributed by atoms with van der Waals surface area (Å²) in [5.74, 6) is -0.502. The highest BCUT2D eigenvalue weighted by Gasteiger charge is 2.08. The van der Waals surface area contributed by atoms with E-state index in [9.17, 15) is 4.79 Å². The van der Waals surface area contributed by atoms with E-state index in [0.29, 0.717) is 28.0 Å². The smallest absolute Gasteiger partial charge is 0.243 e. The Kier molecular flexibility index (Phi) is 4.46. The molecule has 0 atom stereocenters. The first-order valence-corrected chi connectivity index (χ1v) is 6.59. The number of hydrogen-bond acceptors (Lipinski definition) is 3. The fraction of sp³-hybridized carbons (Fsp3) is 0.273. The van der Waals surface area contributed by atoms with E-state index in [-0.39, 0.29) is 6.61 Å². The average molecular weight is 320 g/mol. The first-order chi connectivity index (χ1) is 8.99. The molecule has 0 aliphatic heterocycles. The number of carbonyl (C=O) groups is 1. The van der Waals surface area contributed by atoms with E-state index in [1.54, 1.807) is 12.1 Å². The zero-order valence-corrected chi connectivity index (χ0v) is 12.1. The normalized spacial score (nSPS) is 11.1. The summed E-state index contributed by atoms with van der Waals surface area (Å²) >= 11 is 17.1. The quantitative estimate of drug-likeness (QED) is 0.657. The predicted octanol–water partition coefficient (Wildman–Crippen LogP) is 2.51. The van der Waals surface area contributed by atoms with Crippen LogP contribution in [0.1, 0.15) is 0 Å². The van der Waals surface area contributed by atoms with Crippen molar-refractivity contribution in [2.75, 3.05) is 13.2 Å². The highest BCUT2D eigenvalue weighted by molar-refractivity contribution is 7.71. The fourth-order valence-electron chi connectivity index (χ4n) is 1.70. The summed E-state index contributed by atoms with van der Waals surface area (Å²) in [6.45, 7) is 0.705. The van der Waals surface area contributed by atoms with Crippen molar-refractivity contribution in [1.82, 2.24) is 9.55 Å². The Morgan fingerprint density at radius 3 is 2.79 bits per heavy atom. The van der Waals surface area contributed by atoms with Crippen molar-refractivity contribution in [3.05, 3.63) is 26.9 Å². The van der Waals surface area contributed by atoms with Crippen LogP contribution >= 0.6 is 35.4 Å². The maximum Gasteiger partial charge on any atom is 0.243 e. The molecule has 0 bridgehead atoms. The minimum Gasteiger partial charge on any atom is -0.370 e. The van der Waals surface area contributed by atoms with Crippen molar-refractivity contribution in [3.63, 3.8) is 0 Å². The molecule has 1 aromatic heterocycles. The van der Waals surface area contributed by atoms with Crippen LogP contribution < -0.4 is 5.73 Å². The molecule has 3 N–H and O–H groups in total. The molecule has 1 amide bonds. The third-order valence-corrected chi connectivity index (χ3v) is 3.56. The van der Waals surface area contributed by atoms with Crippen molar-refractivity contribution < 1.29 is 9.53 Å². The van der Waals surface area contributed by atoms with Gasteiger partial charge in [-0.2, -0.15) is 0 Å². The molecule has 19 heavy (non-hydrogen) atoms. The molecule has 0 aliphatic carbocycles. The second kappa shape index (κ2) is 5.92. The van der Waals surface area contributed by atoms with Crippen molar-refractivity contribution in [3.8, 4) is 0 Å². The highest BCUT2D eigenvalue weighted by Crippen LogP contribution is 2.27. The average Bonchev–Trinajstić information content (AvgIpc) is 2.61. The fourth-order valence-corrected chi connectivity index (χ4v) is 2.32. The maximum absolute atomic E-state index is 10.6. The first-order valence-electron chi connectivity index (χ1n) is 5.42. The summed E-state index contributed by atoms with van der Waals surface area (Å²) < 4.78 is 7.48. The maximum atomic E-state index is 10.6. The Bertz CT molecular complexity index is 680. The number of benzene rings is 1. The van der Waals surface area contributed by atoms with Crippen molar-refractivity contribution >= 4 is 52.4 Å². The summed E-state index contributed by atoms with van der Waals surface area (Å²) in [5.41, 5.74) is 6.61. The molecule has 102 valence electrons. The third-order valence-electron chi connectivity index (χ3n) is 2.52. The molecule has 0 aliphatic rings. The number of ether oxygens (including phenoxy) is 1. The number of rotatable bonds is 5. The molecule has 0 saturated carbocycles. The number of fused-ring (bicyclic) bond motifs is 1. The second-order valence-corrected chi connectivity index (χ2v) is 5.09. The van der Waals surface area contributed by atoms with E-state index in [0.717, 1.165) is 11.0 Å². The van der Waals surface area contributed by atoms with E-state index in [4.69, 9.17) is 45.9 Å². The van der Waals surface area contributed by atoms with Crippen LogP contribution in [0.15, 0.2) is 12.1 Å². The topological polar surface area (TPSA) is 73.0 Å². The Labute approximate surface area is 124 Å². The van der Waals surface area contributed by atoms with Crippen molar-refractivity contribution in [2.45, 2.75) is 6.54 Å². The van der Waals surface area contributed by atoms with Gasteiger partial charge in [-0.1, -0.05) is 23.2 Å². The number of carbonyl (C=O) groups excluding carboxylic acids is 1. The van der Waals surface area contributed by atoms with Crippen LogP contribution in [0.2, 0.25) is 10.0 Å². The molecule has 0 spiro atoms. The summed E-state index contributed by atoms with van der Waals surface area (Å²) in [4.78, 5) is 13.6. The monoisotopic (exact) mass is 319 g/mol. The van der Waals surface area contributed by atoms with E-state index >= 15 is 0 Å². The lowest BCUT2D eigenvalue weighted by Gasteiger charge is -2.05. The number of nitrogens with zero attached hydrogens (tertiary/aromatic N) is 1. The molecular formula is C11H11Cl2N3O2S. The van der Waals surface area contributed by atoms with Crippen LogP contribution in [-0.2, 0) is 16.1 Å². The van der Waals surface area contributed by atoms with Crippen LogP contribution in [0.25, 0.3) is 11.0 Å². The number of hydrogen-bond donors (Lipinski definition) is 2. The Hall–Kier alpha value is -1.08. The number of nitrogens with two attached hydrogens (primary N) is 1. The molecule has 0 unspecified atom stereocenters. The summed E-state index contributed by atoms with van der Waals surface area (Å²) in [6.07, 6.45) is 0. The SMILES string of the molecule is NC(=O)COCCn1c(=S)[nH]c2cc(Cl)c(Cl)cc21. The lowest BCUT2D eigenvalue weighted by Crippen LogP contribution is -2.19. The van der Waals surface area contributed by atoms with Crippen molar-refractivity contribution in [1.29, 1.82) is 0 Å². The standard InChI is InChI=1S/C11H11Cl2N3O2S/c12-6-3-8-9(4-7(6)13)16(11(19)15-8)1-2-18-5-10(14)17/h3-4H,1-2,5H2,(H2,14,17)(H,15,19).